The Kier molecular flexibility index (Phi) is 3.19. The molecule has 2 N–H and O–H groups in total. The minimum absolute atomic E-state index is 0.0728. The van der Waals surface area contributed by atoms with Crippen LogP contribution in [0.15, 0.2) is 48.5 Å². The van der Waals surface area contributed by atoms with Crippen molar-refractivity contribution in [3.8, 4) is 5.75 Å². The van der Waals surface area contributed by atoms with Gasteiger partial charge < -0.3 is 10.5 Å². The molecular formula is C19H21NO. The predicted molar refractivity (Wildman–Crippen MR) is 84.5 cm³/mol. The monoisotopic (exact) mass is 279 g/mol. The van der Waals surface area contributed by atoms with Crippen molar-refractivity contribution in [2.24, 2.45) is 5.73 Å². The molecule has 2 atom stereocenters. The highest BCUT2D eigenvalue weighted by Gasteiger charge is 2.28. The number of hydrogen-bond donors (Lipinski definition) is 1. The molecule has 2 unspecified atom stereocenters. The van der Waals surface area contributed by atoms with Crippen LogP contribution < -0.4 is 10.5 Å². The molecule has 4 rings (SSSR count). The van der Waals surface area contributed by atoms with E-state index in [1.165, 1.54) is 29.5 Å². The lowest BCUT2D eigenvalue weighted by molar-refractivity contribution is 0.303. The number of hydrogen-bond acceptors (Lipinski definition) is 2. The van der Waals surface area contributed by atoms with Crippen LogP contribution >= 0.6 is 0 Å². The van der Waals surface area contributed by atoms with E-state index >= 15 is 0 Å². The first kappa shape index (κ1) is 12.9. The van der Waals surface area contributed by atoms with E-state index < -0.39 is 0 Å². The zero-order chi connectivity index (χ0) is 14.2. The first-order chi connectivity index (χ1) is 10.3. The first-order valence-corrected chi connectivity index (χ1v) is 7.91. The van der Waals surface area contributed by atoms with Crippen molar-refractivity contribution >= 4 is 0 Å². The molecule has 2 aliphatic carbocycles. The molecular weight excluding hydrogens is 258 g/mol. The van der Waals surface area contributed by atoms with Crippen molar-refractivity contribution in [1.82, 2.24) is 0 Å². The fourth-order valence-corrected chi connectivity index (χ4v) is 3.34. The topological polar surface area (TPSA) is 35.2 Å². The molecule has 0 bridgehead atoms. The Morgan fingerprint density at radius 2 is 1.71 bits per heavy atom. The molecule has 108 valence electrons. The normalized spacial score (nSPS) is 21.9. The van der Waals surface area contributed by atoms with Crippen LogP contribution in [0.3, 0.4) is 0 Å². The average Bonchev–Trinajstić information content (AvgIpc) is 3.23. The van der Waals surface area contributed by atoms with Crippen LogP contribution in [-0.4, -0.2) is 6.10 Å². The summed E-state index contributed by atoms with van der Waals surface area (Å²) in [5.41, 5.74) is 10.6. The first-order valence-electron chi connectivity index (χ1n) is 7.91. The number of benzene rings is 2. The molecule has 2 aromatic carbocycles. The van der Waals surface area contributed by atoms with Gasteiger partial charge in [-0.1, -0.05) is 36.4 Å². The van der Waals surface area contributed by atoms with Crippen molar-refractivity contribution in [3.63, 3.8) is 0 Å². The van der Waals surface area contributed by atoms with E-state index in [0.717, 1.165) is 18.6 Å². The highest BCUT2D eigenvalue weighted by molar-refractivity contribution is 5.39. The standard InChI is InChI=1S/C19H21NO/c20-19(18-12-7-13-3-1-2-4-17(13)18)14-5-8-15(9-6-14)21-16-10-11-16/h1-6,8-9,16,18-19H,7,10-12,20H2. The maximum absolute atomic E-state index is 6.54. The minimum Gasteiger partial charge on any atom is -0.490 e. The molecule has 2 heteroatoms. The molecule has 2 nitrogen and oxygen atoms in total. The molecule has 0 amide bonds. The molecule has 1 saturated carbocycles. The summed E-state index contributed by atoms with van der Waals surface area (Å²) >= 11 is 0. The van der Waals surface area contributed by atoms with Gasteiger partial charge >= 0.3 is 0 Å². The second-order valence-corrected chi connectivity index (χ2v) is 6.26. The number of aryl methyl sites for hydroxylation is 1. The molecule has 21 heavy (non-hydrogen) atoms. The second-order valence-electron chi connectivity index (χ2n) is 6.26. The van der Waals surface area contributed by atoms with Gasteiger partial charge in [0.15, 0.2) is 0 Å². The lowest BCUT2D eigenvalue weighted by Gasteiger charge is -2.21. The van der Waals surface area contributed by atoms with Crippen LogP contribution in [0.25, 0.3) is 0 Å². The molecule has 2 aliphatic rings. The van der Waals surface area contributed by atoms with E-state index in [2.05, 4.69) is 48.5 Å². The fraction of sp³-hybridized carbons (Fsp3) is 0.368. The lowest BCUT2D eigenvalue weighted by atomic mass is 9.89. The Labute approximate surface area is 125 Å². The van der Waals surface area contributed by atoms with Gasteiger partial charge in [-0.2, -0.15) is 0 Å². The van der Waals surface area contributed by atoms with Gasteiger partial charge in [0.2, 0.25) is 0 Å². The van der Waals surface area contributed by atoms with Crippen LogP contribution in [0.1, 0.15) is 47.9 Å². The van der Waals surface area contributed by atoms with Crippen molar-refractivity contribution < 1.29 is 4.74 Å². The van der Waals surface area contributed by atoms with E-state index in [-0.39, 0.29) is 6.04 Å². The summed E-state index contributed by atoms with van der Waals surface area (Å²) in [7, 11) is 0. The van der Waals surface area contributed by atoms with E-state index in [0.29, 0.717) is 12.0 Å². The number of nitrogens with two attached hydrogens (primary N) is 1. The summed E-state index contributed by atoms with van der Waals surface area (Å²) in [6.45, 7) is 0. The average molecular weight is 279 g/mol. The van der Waals surface area contributed by atoms with Crippen molar-refractivity contribution in [1.29, 1.82) is 0 Å². The highest BCUT2D eigenvalue weighted by atomic mass is 16.5. The van der Waals surface area contributed by atoms with Gasteiger partial charge in [-0.15, -0.1) is 0 Å². The summed E-state index contributed by atoms with van der Waals surface area (Å²) in [5.74, 6) is 1.41. The van der Waals surface area contributed by atoms with E-state index in [1.54, 1.807) is 0 Å². The van der Waals surface area contributed by atoms with E-state index in [9.17, 15) is 0 Å². The Balaban J connectivity index is 1.53. The lowest BCUT2D eigenvalue weighted by Crippen LogP contribution is -2.18. The molecule has 0 radical (unpaired) electrons. The van der Waals surface area contributed by atoms with Crippen molar-refractivity contribution in [3.05, 3.63) is 65.2 Å². The van der Waals surface area contributed by atoms with E-state index in [4.69, 9.17) is 10.5 Å². The summed E-state index contributed by atoms with van der Waals surface area (Å²) in [4.78, 5) is 0. The molecule has 0 aliphatic heterocycles. The highest BCUT2D eigenvalue weighted by Crippen LogP contribution is 2.40. The van der Waals surface area contributed by atoms with Gasteiger partial charge in [0.25, 0.3) is 0 Å². The van der Waals surface area contributed by atoms with Crippen LogP contribution in [-0.2, 0) is 6.42 Å². The summed E-state index contributed by atoms with van der Waals surface area (Å²) in [6.07, 6.45) is 5.14. The summed E-state index contributed by atoms with van der Waals surface area (Å²) in [6, 6.07) is 17.2. The molecule has 0 aromatic heterocycles. The van der Waals surface area contributed by atoms with Crippen LogP contribution in [0.4, 0.5) is 0 Å². The summed E-state index contributed by atoms with van der Waals surface area (Å²) in [5, 5.41) is 0. The van der Waals surface area contributed by atoms with Gasteiger partial charge in [-0.05, 0) is 54.5 Å². The molecule has 2 aromatic rings. The van der Waals surface area contributed by atoms with Crippen LogP contribution in [0.2, 0.25) is 0 Å². The molecule has 0 heterocycles. The Hall–Kier alpha value is -1.80. The van der Waals surface area contributed by atoms with Gasteiger partial charge in [-0.25, -0.2) is 0 Å². The van der Waals surface area contributed by atoms with Crippen molar-refractivity contribution in [2.45, 2.75) is 43.7 Å². The quantitative estimate of drug-likeness (QED) is 0.919. The number of rotatable bonds is 4. The number of ether oxygens (including phenoxy) is 1. The van der Waals surface area contributed by atoms with E-state index in [1.807, 2.05) is 0 Å². The summed E-state index contributed by atoms with van der Waals surface area (Å²) < 4.78 is 5.80. The van der Waals surface area contributed by atoms with Crippen LogP contribution in [0, 0.1) is 0 Å². The second kappa shape index (κ2) is 5.19. The van der Waals surface area contributed by atoms with Crippen LogP contribution in [0.5, 0.6) is 5.75 Å². The van der Waals surface area contributed by atoms with Crippen molar-refractivity contribution in [2.75, 3.05) is 0 Å². The molecule has 1 fully saturated rings. The largest absolute Gasteiger partial charge is 0.490 e. The van der Waals surface area contributed by atoms with Gasteiger partial charge in [0, 0.05) is 12.0 Å². The van der Waals surface area contributed by atoms with Gasteiger partial charge in [0.05, 0.1) is 6.10 Å². The maximum atomic E-state index is 6.54. The third-order valence-corrected chi connectivity index (χ3v) is 4.70. The van der Waals surface area contributed by atoms with Gasteiger partial charge in [-0.3, -0.25) is 0 Å². The smallest absolute Gasteiger partial charge is 0.119 e. The number of fused-ring (bicyclic) bond motifs is 1. The third kappa shape index (κ3) is 2.56. The zero-order valence-electron chi connectivity index (χ0n) is 12.2. The van der Waals surface area contributed by atoms with Gasteiger partial charge in [0.1, 0.15) is 5.75 Å². The predicted octanol–water partition coefficient (Wildman–Crippen LogP) is 3.96. The maximum Gasteiger partial charge on any atom is 0.119 e. The zero-order valence-corrected chi connectivity index (χ0v) is 12.2. The third-order valence-electron chi connectivity index (χ3n) is 4.70. The SMILES string of the molecule is NC(c1ccc(OC2CC2)cc1)C1CCc2ccccc21. The Bertz CT molecular complexity index is 630. The Morgan fingerprint density at radius 3 is 2.48 bits per heavy atom. The molecule has 0 spiro atoms. The minimum atomic E-state index is 0.0728. The molecule has 0 saturated heterocycles. The fourth-order valence-electron chi connectivity index (χ4n) is 3.34. The Morgan fingerprint density at radius 1 is 0.952 bits per heavy atom.